The van der Waals surface area contributed by atoms with Crippen molar-refractivity contribution in [3.8, 4) is 11.5 Å². The van der Waals surface area contributed by atoms with Crippen LogP contribution in [0, 0.1) is 0 Å². The quantitative estimate of drug-likeness (QED) is 0.768. The summed E-state index contributed by atoms with van der Waals surface area (Å²) in [7, 11) is 3.09. The van der Waals surface area contributed by atoms with E-state index in [-0.39, 0.29) is 0 Å². The molecule has 2 atom stereocenters. The number of methoxy groups -OCH3 is 2. The second-order valence-electron chi connectivity index (χ2n) is 4.09. The van der Waals surface area contributed by atoms with E-state index >= 15 is 0 Å². The van der Waals surface area contributed by atoms with Gasteiger partial charge >= 0.3 is 5.97 Å². The minimum Gasteiger partial charge on any atom is -0.493 e. The van der Waals surface area contributed by atoms with Crippen molar-refractivity contribution in [1.29, 1.82) is 0 Å². The maximum Gasteiger partial charge on any atom is 0.335 e. The van der Waals surface area contributed by atoms with E-state index in [0.29, 0.717) is 23.7 Å². The minimum atomic E-state index is -0.726. The average Bonchev–Trinajstić information content (AvgIpc) is 2.95. The summed E-state index contributed by atoms with van der Waals surface area (Å²) in [6.07, 6.45) is 0.699. The van der Waals surface area contributed by atoms with Crippen molar-refractivity contribution in [1.82, 2.24) is 0 Å². The topological polar surface area (TPSA) is 66.4 Å². The van der Waals surface area contributed by atoms with E-state index < -0.39 is 18.1 Å². The summed E-state index contributed by atoms with van der Waals surface area (Å²) >= 11 is 0. The number of carbonyl (C=O) groups excluding carboxylic acids is 1. The lowest BCUT2D eigenvalue weighted by atomic mass is 10.0. The molecule has 0 aromatic heterocycles. The largest absolute Gasteiger partial charge is 0.493 e. The Morgan fingerprint density at radius 3 is 2.80 bits per heavy atom. The monoisotopic (exact) mass is 279 g/mol. The Bertz CT molecular complexity index is 514. The van der Waals surface area contributed by atoms with E-state index in [1.807, 2.05) is 6.07 Å². The Morgan fingerprint density at radius 2 is 2.15 bits per heavy atom. The lowest BCUT2D eigenvalue weighted by Gasteiger charge is -2.20. The van der Waals surface area contributed by atoms with Crippen LogP contribution < -0.4 is 9.47 Å². The summed E-state index contributed by atoms with van der Waals surface area (Å²) < 4.78 is 21.0. The van der Waals surface area contributed by atoms with Gasteiger partial charge in [0.05, 0.1) is 20.8 Å². The van der Waals surface area contributed by atoms with Crippen molar-refractivity contribution >= 4 is 12.4 Å². The van der Waals surface area contributed by atoms with Crippen molar-refractivity contribution in [2.75, 3.05) is 20.8 Å². The fourth-order valence-electron chi connectivity index (χ4n) is 2.11. The maximum absolute atomic E-state index is 11.9. The second-order valence-corrected chi connectivity index (χ2v) is 4.09. The number of ether oxygens (including phenoxy) is 4. The number of carbonyl (C=O) groups is 1. The predicted octanol–water partition coefficient (Wildman–Crippen LogP) is 1.74. The van der Waals surface area contributed by atoms with Crippen molar-refractivity contribution in [3.63, 3.8) is 0 Å². The molecule has 6 heteroatoms. The van der Waals surface area contributed by atoms with Crippen LogP contribution in [0.25, 0.3) is 0 Å². The van der Waals surface area contributed by atoms with Gasteiger partial charge in [0, 0.05) is 5.56 Å². The molecule has 1 aromatic rings. The van der Waals surface area contributed by atoms with E-state index in [9.17, 15) is 4.79 Å². The number of hydrogen-bond donors (Lipinski definition) is 0. The number of para-hydroxylation sites is 1. The molecule has 108 valence electrons. The maximum atomic E-state index is 11.9. The first kappa shape index (κ1) is 14.2. The van der Waals surface area contributed by atoms with Crippen molar-refractivity contribution < 1.29 is 23.7 Å². The highest BCUT2D eigenvalue weighted by atomic mass is 16.5. The first-order valence-electron chi connectivity index (χ1n) is 6.27. The molecule has 20 heavy (non-hydrogen) atoms. The van der Waals surface area contributed by atoms with Gasteiger partial charge in [-0.3, -0.25) is 0 Å². The Balaban J connectivity index is 2.33. The van der Waals surface area contributed by atoms with E-state index in [2.05, 4.69) is 4.99 Å². The first-order valence-corrected chi connectivity index (χ1v) is 6.27. The van der Waals surface area contributed by atoms with Gasteiger partial charge in [-0.15, -0.1) is 0 Å². The highest BCUT2D eigenvalue weighted by molar-refractivity contribution is 5.80. The number of benzene rings is 1. The molecule has 0 bridgehead atoms. The van der Waals surface area contributed by atoms with Crippen molar-refractivity contribution in [3.05, 3.63) is 23.8 Å². The Morgan fingerprint density at radius 1 is 1.35 bits per heavy atom. The minimum absolute atomic E-state index is 0.298. The molecule has 0 N–H and O–H groups in total. The average molecular weight is 279 g/mol. The van der Waals surface area contributed by atoms with Crippen molar-refractivity contribution in [2.45, 2.75) is 19.1 Å². The molecule has 0 spiro atoms. The number of hydrogen-bond acceptors (Lipinski definition) is 6. The fraction of sp³-hybridized carbons (Fsp3) is 0.429. The predicted molar refractivity (Wildman–Crippen MR) is 72.3 cm³/mol. The van der Waals surface area contributed by atoms with E-state index in [0.717, 1.165) is 0 Å². The molecule has 1 aromatic carbocycles. The summed E-state index contributed by atoms with van der Waals surface area (Å²) in [6.45, 7) is 2.05. The molecule has 0 radical (unpaired) electrons. The third kappa shape index (κ3) is 2.54. The summed E-state index contributed by atoms with van der Waals surface area (Å²) in [6, 6.07) is 4.67. The standard InChI is InChI=1S/C14H17NO5/c1-4-19-14(16)11-13(20-8-15-11)9-6-5-7-10(17-2)12(9)18-3/h5-8,11,13H,4H2,1-3H3. The van der Waals surface area contributed by atoms with E-state index in [1.165, 1.54) is 13.5 Å². The molecular weight excluding hydrogens is 262 g/mol. The highest BCUT2D eigenvalue weighted by Gasteiger charge is 2.37. The van der Waals surface area contributed by atoms with E-state index in [1.54, 1.807) is 26.2 Å². The highest BCUT2D eigenvalue weighted by Crippen LogP contribution is 2.39. The second kappa shape index (κ2) is 6.27. The smallest absolute Gasteiger partial charge is 0.335 e. The third-order valence-electron chi connectivity index (χ3n) is 2.98. The van der Waals surface area contributed by atoms with Gasteiger partial charge in [-0.1, -0.05) is 12.1 Å². The molecule has 0 amide bonds. The lowest BCUT2D eigenvalue weighted by Crippen LogP contribution is -2.26. The van der Waals surface area contributed by atoms with Crippen molar-refractivity contribution in [2.24, 2.45) is 4.99 Å². The SMILES string of the molecule is CCOC(=O)C1N=COC1c1cccc(OC)c1OC. The van der Waals surface area contributed by atoms with Crippen LogP contribution in [0.4, 0.5) is 0 Å². The number of aliphatic imine (C=N–C) groups is 1. The number of rotatable bonds is 5. The molecule has 0 fully saturated rings. The molecule has 0 saturated heterocycles. The molecular formula is C14H17NO5. The van der Waals surface area contributed by atoms with Crippen LogP contribution in [-0.4, -0.2) is 39.2 Å². The molecule has 2 unspecified atom stereocenters. The molecule has 1 heterocycles. The lowest BCUT2D eigenvalue weighted by molar-refractivity contribution is -0.146. The third-order valence-corrected chi connectivity index (χ3v) is 2.98. The zero-order valence-corrected chi connectivity index (χ0v) is 11.7. The summed E-state index contributed by atoms with van der Waals surface area (Å²) in [5, 5.41) is 0. The Hall–Kier alpha value is -2.24. The summed E-state index contributed by atoms with van der Waals surface area (Å²) in [5.41, 5.74) is 0.697. The molecule has 6 nitrogen and oxygen atoms in total. The summed E-state index contributed by atoms with van der Waals surface area (Å²) in [5.74, 6) is 0.680. The van der Waals surface area contributed by atoms with Gasteiger partial charge in [-0.25, -0.2) is 9.79 Å². The van der Waals surface area contributed by atoms with Crippen LogP contribution in [0.3, 0.4) is 0 Å². The van der Waals surface area contributed by atoms with Gasteiger partial charge in [0.2, 0.25) is 0 Å². The van der Waals surface area contributed by atoms with Gasteiger partial charge in [0.1, 0.15) is 0 Å². The molecule has 2 rings (SSSR count). The number of esters is 1. The Kier molecular flexibility index (Phi) is 4.45. The molecule has 0 aliphatic carbocycles. The van der Waals surface area contributed by atoms with Gasteiger partial charge in [-0.05, 0) is 13.0 Å². The van der Waals surface area contributed by atoms with Crippen LogP contribution in [0.2, 0.25) is 0 Å². The summed E-state index contributed by atoms with van der Waals surface area (Å²) in [4.78, 5) is 15.9. The number of nitrogens with zero attached hydrogens (tertiary/aromatic N) is 1. The van der Waals surface area contributed by atoms with Crippen LogP contribution in [0.1, 0.15) is 18.6 Å². The van der Waals surface area contributed by atoms with Crippen LogP contribution in [0.15, 0.2) is 23.2 Å². The Labute approximate surface area is 117 Å². The van der Waals surface area contributed by atoms with Crippen LogP contribution >= 0.6 is 0 Å². The van der Waals surface area contributed by atoms with Gasteiger partial charge < -0.3 is 18.9 Å². The molecule has 1 aliphatic heterocycles. The first-order chi connectivity index (χ1) is 9.72. The fourth-order valence-corrected chi connectivity index (χ4v) is 2.11. The normalized spacial score (nSPS) is 20.4. The van der Waals surface area contributed by atoms with Crippen LogP contribution in [-0.2, 0) is 14.3 Å². The zero-order chi connectivity index (χ0) is 14.5. The van der Waals surface area contributed by atoms with Crippen LogP contribution in [0.5, 0.6) is 11.5 Å². The van der Waals surface area contributed by atoms with Gasteiger partial charge in [-0.2, -0.15) is 0 Å². The zero-order valence-electron chi connectivity index (χ0n) is 11.7. The van der Waals surface area contributed by atoms with Gasteiger partial charge in [0.25, 0.3) is 0 Å². The van der Waals surface area contributed by atoms with E-state index in [4.69, 9.17) is 18.9 Å². The van der Waals surface area contributed by atoms with Gasteiger partial charge in [0.15, 0.2) is 30.0 Å². The molecule has 0 saturated carbocycles. The molecule has 1 aliphatic rings.